The van der Waals surface area contributed by atoms with E-state index >= 15 is 0 Å². The highest BCUT2D eigenvalue weighted by atomic mass is 19.3. The molecule has 1 aliphatic rings. The second-order valence-corrected chi connectivity index (χ2v) is 5.55. The molecular weight excluding hydrogens is 300 g/mol. The van der Waals surface area contributed by atoms with E-state index < -0.39 is 6.61 Å². The van der Waals surface area contributed by atoms with E-state index in [1.807, 2.05) is 25.1 Å². The Labute approximate surface area is 133 Å². The van der Waals surface area contributed by atoms with Gasteiger partial charge in [0.2, 0.25) is 0 Å². The summed E-state index contributed by atoms with van der Waals surface area (Å²) in [6.45, 7) is -0.219. The Balaban J connectivity index is 1.87. The van der Waals surface area contributed by atoms with Crippen LogP contribution in [0.5, 0.6) is 5.75 Å². The Bertz CT molecular complexity index is 713. The first-order valence-electron chi connectivity index (χ1n) is 7.51. The number of hydrogen-bond acceptors (Lipinski definition) is 2. The minimum absolute atomic E-state index is 0.0479. The monoisotopic (exact) mass is 317 g/mol. The molecule has 0 unspecified atom stereocenters. The van der Waals surface area contributed by atoms with Crippen LogP contribution in [0.25, 0.3) is 0 Å². The van der Waals surface area contributed by atoms with Crippen molar-refractivity contribution < 1.29 is 18.3 Å². The van der Waals surface area contributed by atoms with Crippen molar-refractivity contribution in [2.24, 2.45) is 0 Å². The Morgan fingerprint density at radius 1 is 1.17 bits per heavy atom. The molecule has 1 amide bonds. The maximum atomic E-state index is 12.8. The fraction of sp³-hybridized carbons (Fsp3) is 0.278. The maximum absolute atomic E-state index is 12.8. The van der Waals surface area contributed by atoms with Crippen molar-refractivity contribution in [3.63, 3.8) is 0 Å². The largest absolute Gasteiger partial charge is 0.435 e. The van der Waals surface area contributed by atoms with Crippen LogP contribution in [0.2, 0.25) is 0 Å². The molecule has 2 aromatic rings. The molecule has 0 bridgehead atoms. The normalized spacial score (nSPS) is 13.8. The lowest BCUT2D eigenvalue weighted by molar-refractivity contribution is -0.0498. The molecule has 23 heavy (non-hydrogen) atoms. The molecule has 0 spiro atoms. The number of carbonyl (C=O) groups is 1. The van der Waals surface area contributed by atoms with E-state index in [2.05, 4.69) is 4.74 Å². The van der Waals surface area contributed by atoms with Crippen molar-refractivity contribution in [2.75, 3.05) is 11.4 Å². The molecule has 0 saturated carbocycles. The SMILES string of the molecule is Cc1cccc2c1N(C(=O)c1ccc(OC(F)F)cc1)CCC2. The van der Waals surface area contributed by atoms with Crippen LogP contribution in [-0.4, -0.2) is 19.1 Å². The van der Waals surface area contributed by atoms with Gasteiger partial charge < -0.3 is 9.64 Å². The number of carbonyl (C=O) groups excluding carboxylic acids is 1. The van der Waals surface area contributed by atoms with Gasteiger partial charge in [-0.15, -0.1) is 0 Å². The van der Waals surface area contributed by atoms with Gasteiger partial charge in [0.1, 0.15) is 5.75 Å². The van der Waals surface area contributed by atoms with Crippen molar-refractivity contribution in [3.8, 4) is 5.75 Å². The zero-order valence-corrected chi connectivity index (χ0v) is 12.8. The van der Waals surface area contributed by atoms with E-state index in [1.54, 1.807) is 4.90 Å². The first-order chi connectivity index (χ1) is 11.1. The van der Waals surface area contributed by atoms with Gasteiger partial charge in [0.15, 0.2) is 0 Å². The Hall–Kier alpha value is -2.43. The average molecular weight is 317 g/mol. The van der Waals surface area contributed by atoms with Gasteiger partial charge in [0, 0.05) is 12.1 Å². The van der Waals surface area contributed by atoms with Crippen molar-refractivity contribution >= 4 is 11.6 Å². The summed E-state index contributed by atoms with van der Waals surface area (Å²) in [5.41, 5.74) is 3.66. The molecule has 0 atom stereocenters. The van der Waals surface area contributed by atoms with Crippen LogP contribution in [0.4, 0.5) is 14.5 Å². The molecule has 0 aliphatic carbocycles. The van der Waals surface area contributed by atoms with Gasteiger partial charge in [-0.3, -0.25) is 4.79 Å². The van der Waals surface area contributed by atoms with Crippen LogP contribution in [0.15, 0.2) is 42.5 Å². The molecule has 0 N–H and O–H groups in total. The zero-order valence-electron chi connectivity index (χ0n) is 12.8. The highest BCUT2D eigenvalue weighted by molar-refractivity contribution is 6.07. The molecule has 3 rings (SSSR count). The summed E-state index contributed by atoms with van der Waals surface area (Å²) >= 11 is 0. The summed E-state index contributed by atoms with van der Waals surface area (Å²) in [5.74, 6) is -0.0735. The number of fused-ring (bicyclic) bond motifs is 1. The van der Waals surface area contributed by atoms with Crippen LogP contribution >= 0.6 is 0 Å². The maximum Gasteiger partial charge on any atom is 0.387 e. The van der Waals surface area contributed by atoms with Gasteiger partial charge >= 0.3 is 6.61 Å². The molecule has 5 heteroatoms. The summed E-state index contributed by atoms with van der Waals surface area (Å²) in [5, 5.41) is 0. The summed E-state index contributed by atoms with van der Waals surface area (Å²) in [6, 6.07) is 11.9. The van der Waals surface area contributed by atoms with Crippen molar-refractivity contribution in [2.45, 2.75) is 26.4 Å². The fourth-order valence-electron chi connectivity index (χ4n) is 2.98. The number of benzene rings is 2. The standard InChI is InChI=1S/C18H17F2NO2/c1-12-4-2-5-13-6-3-11-21(16(12)13)17(22)14-7-9-15(10-8-14)23-18(19)20/h2,4-5,7-10,18H,3,6,11H2,1H3. The lowest BCUT2D eigenvalue weighted by Gasteiger charge is -2.31. The van der Waals surface area contributed by atoms with E-state index in [1.165, 1.54) is 29.8 Å². The van der Waals surface area contributed by atoms with E-state index in [0.717, 1.165) is 24.1 Å². The Morgan fingerprint density at radius 3 is 2.61 bits per heavy atom. The third kappa shape index (κ3) is 3.18. The van der Waals surface area contributed by atoms with Crippen molar-refractivity contribution in [3.05, 3.63) is 59.2 Å². The number of nitrogens with zero attached hydrogens (tertiary/aromatic N) is 1. The second-order valence-electron chi connectivity index (χ2n) is 5.55. The number of hydrogen-bond donors (Lipinski definition) is 0. The van der Waals surface area contributed by atoms with Crippen molar-refractivity contribution in [1.29, 1.82) is 0 Å². The first-order valence-corrected chi connectivity index (χ1v) is 7.51. The van der Waals surface area contributed by atoms with Crippen LogP contribution in [0.3, 0.4) is 0 Å². The van der Waals surface area contributed by atoms with E-state index in [4.69, 9.17) is 0 Å². The van der Waals surface area contributed by atoms with Gasteiger partial charge in [-0.25, -0.2) is 0 Å². The third-order valence-corrected chi connectivity index (χ3v) is 3.99. The zero-order chi connectivity index (χ0) is 16.4. The molecule has 2 aromatic carbocycles. The molecule has 0 saturated heterocycles. The average Bonchev–Trinajstić information content (AvgIpc) is 2.54. The van der Waals surface area contributed by atoms with E-state index in [9.17, 15) is 13.6 Å². The lowest BCUT2D eigenvalue weighted by Crippen LogP contribution is -2.36. The van der Waals surface area contributed by atoms with Gasteiger partial charge in [-0.2, -0.15) is 8.78 Å². The summed E-state index contributed by atoms with van der Waals surface area (Å²) in [4.78, 5) is 14.6. The minimum Gasteiger partial charge on any atom is -0.435 e. The van der Waals surface area contributed by atoms with Crippen LogP contribution in [0, 0.1) is 6.92 Å². The number of halogens is 2. The molecule has 0 radical (unpaired) electrons. The number of aryl methyl sites for hydroxylation is 2. The van der Waals surface area contributed by atoms with E-state index in [0.29, 0.717) is 12.1 Å². The van der Waals surface area contributed by atoms with Crippen LogP contribution in [-0.2, 0) is 6.42 Å². The predicted molar refractivity (Wildman–Crippen MR) is 84.3 cm³/mol. The molecule has 120 valence electrons. The number of rotatable bonds is 3. The molecule has 0 aromatic heterocycles. The van der Waals surface area contributed by atoms with E-state index in [-0.39, 0.29) is 11.7 Å². The number of amides is 1. The van der Waals surface area contributed by atoms with Crippen LogP contribution in [0.1, 0.15) is 27.9 Å². The number of ether oxygens (including phenoxy) is 1. The van der Waals surface area contributed by atoms with Crippen molar-refractivity contribution in [1.82, 2.24) is 0 Å². The highest BCUT2D eigenvalue weighted by Crippen LogP contribution is 2.31. The molecule has 1 heterocycles. The topological polar surface area (TPSA) is 29.5 Å². The Kier molecular flexibility index (Phi) is 4.28. The number of anilines is 1. The second kappa shape index (κ2) is 6.36. The first kappa shape index (κ1) is 15.5. The fourth-order valence-corrected chi connectivity index (χ4v) is 2.98. The third-order valence-electron chi connectivity index (χ3n) is 3.99. The van der Waals surface area contributed by atoms with Gasteiger partial charge in [-0.1, -0.05) is 18.2 Å². The quantitative estimate of drug-likeness (QED) is 0.849. The minimum atomic E-state index is -2.87. The van der Waals surface area contributed by atoms with Gasteiger partial charge in [-0.05, 0) is 55.2 Å². The lowest BCUT2D eigenvalue weighted by atomic mass is 9.97. The summed E-state index contributed by atoms with van der Waals surface area (Å²) < 4.78 is 28.7. The Morgan fingerprint density at radius 2 is 1.91 bits per heavy atom. The predicted octanol–water partition coefficient (Wildman–Crippen LogP) is 4.19. The molecule has 3 nitrogen and oxygen atoms in total. The summed E-state index contributed by atoms with van der Waals surface area (Å²) in [6.07, 6.45) is 1.87. The molecule has 0 fully saturated rings. The molecule has 1 aliphatic heterocycles. The number of para-hydroxylation sites is 1. The highest BCUT2D eigenvalue weighted by Gasteiger charge is 2.25. The van der Waals surface area contributed by atoms with Crippen LogP contribution < -0.4 is 9.64 Å². The summed E-state index contributed by atoms with van der Waals surface area (Å²) in [7, 11) is 0. The molecular formula is C18H17F2NO2. The van der Waals surface area contributed by atoms with Gasteiger partial charge in [0.25, 0.3) is 5.91 Å². The smallest absolute Gasteiger partial charge is 0.387 e. The number of alkyl halides is 2. The van der Waals surface area contributed by atoms with Gasteiger partial charge in [0.05, 0.1) is 5.69 Å².